The molecule has 1 spiro atoms. The summed E-state index contributed by atoms with van der Waals surface area (Å²) >= 11 is 1.96. The van der Waals surface area contributed by atoms with Gasteiger partial charge in [0.25, 0.3) is 0 Å². The van der Waals surface area contributed by atoms with Crippen molar-refractivity contribution in [3.63, 3.8) is 0 Å². The average molecular weight is 295 g/mol. The molecule has 4 heteroatoms. The molecule has 112 valence electrons. The van der Waals surface area contributed by atoms with Gasteiger partial charge in [0.2, 0.25) is 0 Å². The van der Waals surface area contributed by atoms with Gasteiger partial charge in [0.05, 0.1) is 12.2 Å². The highest BCUT2D eigenvalue weighted by atomic mass is 32.1. The van der Waals surface area contributed by atoms with Crippen LogP contribution in [-0.2, 0) is 15.9 Å². The van der Waals surface area contributed by atoms with Crippen LogP contribution in [0.3, 0.4) is 0 Å². The molecule has 3 nitrogen and oxygen atoms in total. The van der Waals surface area contributed by atoms with Crippen molar-refractivity contribution < 1.29 is 9.47 Å². The zero-order chi connectivity index (χ0) is 14.0. The van der Waals surface area contributed by atoms with Crippen molar-refractivity contribution in [3.05, 3.63) is 21.9 Å². The first-order valence-electron chi connectivity index (χ1n) is 7.74. The van der Waals surface area contributed by atoms with Gasteiger partial charge in [0.15, 0.2) is 0 Å². The molecule has 2 aliphatic heterocycles. The number of rotatable bonds is 4. The third kappa shape index (κ3) is 2.80. The smallest absolute Gasteiger partial charge is 0.0940 e. The highest BCUT2D eigenvalue weighted by Gasteiger charge is 2.43. The lowest BCUT2D eigenvalue weighted by Gasteiger charge is -2.40. The van der Waals surface area contributed by atoms with Gasteiger partial charge in [-0.1, -0.05) is 6.92 Å². The van der Waals surface area contributed by atoms with E-state index in [0.717, 1.165) is 45.5 Å². The summed E-state index contributed by atoms with van der Waals surface area (Å²) in [4.78, 5) is 2.96. The summed E-state index contributed by atoms with van der Waals surface area (Å²) in [6, 6.07) is 5.04. The lowest BCUT2D eigenvalue weighted by molar-refractivity contribution is -0.103. The highest BCUT2D eigenvalue weighted by molar-refractivity contribution is 7.12. The first kappa shape index (κ1) is 14.5. The lowest BCUT2D eigenvalue weighted by atomic mass is 9.80. The second kappa shape index (κ2) is 6.14. The first-order valence-corrected chi connectivity index (χ1v) is 8.55. The van der Waals surface area contributed by atoms with Crippen molar-refractivity contribution >= 4 is 11.3 Å². The molecule has 1 aromatic heterocycles. The van der Waals surface area contributed by atoms with E-state index in [1.165, 1.54) is 9.75 Å². The number of nitrogens with one attached hydrogen (secondary N) is 1. The van der Waals surface area contributed by atoms with Crippen LogP contribution < -0.4 is 5.32 Å². The number of aryl methyl sites for hydroxylation is 1. The first-order chi connectivity index (χ1) is 9.76. The normalized spacial score (nSPS) is 31.8. The summed E-state index contributed by atoms with van der Waals surface area (Å²) in [5, 5.41) is 3.55. The second-order valence-corrected chi connectivity index (χ2v) is 7.21. The van der Waals surface area contributed by atoms with E-state index < -0.39 is 0 Å². The maximum Gasteiger partial charge on any atom is 0.0940 e. The van der Waals surface area contributed by atoms with Crippen molar-refractivity contribution in [1.29, 1.82) is 0 Å². The van der Waals surface area contributed by atoms with E-state index in [-0.39, 0.29) is 5.60 Å². The molecule has 0 radical (unpaired) electrons. The molecule has 0 saturated carbocycles. The molecule has 2 saturated heterocycles. The van der Waals surface area contributed by atoms with Crippen molar-refractivity contribution in [2.75, 3.05) is 26.9 Å². The Morgan fingerprint density at radius 1 is 1.45 bits per heavy atom. The minimum atomic E-state index is 0.00284. The molecule has 1 N–H and O–H groups in total. The van der Waals surface area contributed by atoms with Gasteiger partial charge in [0.1, 0.15) is 0 Å². The van der Waals surface area contributed by atoms with Gasteiger partial charge in [0, 0.05) is 35.4 Å². The maximum absolute atomic E-state index is 6.06. The Bertz CT molecular complexity index is 439. The largest absolute Gasteiger partial charge is 0.378 e. The Balaban J connectivity index is 1.75. The van der Waals surface area contributed by atoms with E-state index in [1.807, 2.05) is 11.3 Å². The van der Waals surface area contributed by atoms with E-state index in [2.05, 4.69) is 31.4 Å². The molecule has 2 fully saturated rings. The molecule has 3 heterocycles. The van der Waals surface area contributed by atoms with E-state index in [9.17, 15) is 0 Å². The van der Waals surface area contributed by atoms with Gasteiger partial charge in [-0.05, 0) is 44.4 Å². The van der Waals surface area contributed by atoms with Crippen LogP contribution in [0.1, 0.15) is 42.0 Å². The summed E-state index contributed by atoms with van der Waals surface area (Å²) < 4.78 is 11.6. The van der Waals surface area contributed by atoms with E-state index >= 15 is 0 Å². The molecular formula is C16H25NO2S. The Hall–Kier alpha value is -0.420. The molecule has 0 aliphatic carbocycles. The number of hydrogen-bond acceptors (Lipinski definition) is 4. The third-order valence-electron chi connectivity index (χ3n) is 4.72. The zero-order valence-corrected chi connectivity index (χ0v) is 13.3. The molecule has 3 atom stereocenters. The van der Waals surface area contributed by atoms with Gasteiger partial charge < -0.3 is 14.8 Å². The minimum Gasteiger partial charge on any atom is -0.378 e. The molecule has 3 unspecified atom stereocenters. The molecule has 3 rings (SSSR count). The Labute approximate surface area is 125 Å². The number of thiophene rings is 1. The quantitative estimate of drug-likeness (QED) is 0.925. The highest BCUT2D eigenvalue weighted by Crippen LogP contribution is 2.42. The summed E-state index contributed by atoms with van der Waals surface area (Å²) in [6.45, 7) is 4.74. The minimum absolute atomic E-state index is 0.00284. The molecule has 0 amide bonds. The van der Waals surface area contributed by atoms with Crippen LogP contribution in [0.2, 0.25) is 0 Å². The van der Waals surface area contributed by atoms with Gasteiger partial charge in [-0.2, -0.15) is 0 Å². The fraction of sp³-hybridized carbons (Fsp3) is 0.750. The Morgan fingerprint density at radius 2 is 2.35 bits per heavy atom. The summed E-state index contributed by atoms with van der Waals surface area (Å²) in [5.74, 6) is 0.652. The molecule has 0 aromatic carbocycles. The molecule has 20 heavy (non-hydrogen) atoms. The lowest BCUT2D eigenvalue weighted by Crippen LogP contribution is -2.43. The van der Waals surface area contributed by atoms with Crippen LogP contribution in [0.4, 0.5) is 0 Å². The van der Waals surface area contributed by atoms with Crippen LogP contribution in [0.5, 0.6) is 0 Å². The summed E-state index contributed by atoms with van der Waals surface area (Å²) in [7, 11) is 2.09. The molecule has 2 aliphatic rings. The van der Waals surface area contributed by atoms with Crippen LogP contribution >= 0.6 is 11.3 Å². The van der Waals surface area contributed by atoms with Gasteiger partial charge >= 0.3 is 0 Å². The standard InChI is InChI=1S/C16H25NO2S/c1-3-13-4-5-14(20-13)15(17-2)12-6-8-19-16(10-12)7-9-18-11-16/h4-5,12,15,17H,3,6-11H2,1-2H3. The SMILES string of the molecule is CCc1ccc(C(NC)C2CCOC3(CCOC3)C2)s1. The van der Waals surface area contributed by atoms with Crippen molar-refractivity contribution in [3.8, 4) is 0 Å². The van der Waals surface area contributed by atoms with Crippen molar-refractivity contribution in [2.45, 2.75) is 44.2 Å². The summed E-state index contributed by atoms with van der Waals surface area (Å²) in [6.07, 6.45) is 4.46. The average Bonchev–Trinajstić information content (AvgIpc) is 3.10. The molecule has 0 bridgehead atoms. The fourth-order valence-corrected chi connectivity index (χ4v) is 4.73. The van der Waals surface area contributed by atoms with E-state index in [1.54, 1.807) is 0 Å². The second-order valence-electron chi connectivity index (χ2n) is 6.01. The predicted octanol–water partition coefficient (Wildman–Crippen LogP) is 3.16. The molecule has 1 aromatic rings. The monoisotopic (exact) mass is 295 g/mol. The van der Waals surface area contributed by atoms with Crippen LogP contribution in [0, 0.1) is 5.92 Å². The van der Waals surface area contributed by atoms with Crippen LogP contribution in [-0.4, -0.2) is 32.5 Å². The topological polar surface area (TPSA) is 30.5 Å². The van der Waals surface area contributed by atoms with E-state index in [0.29, 0.717) is 12.0 Å². The van der Waals surface area contributed by atoms with Crippen LogP contribution in [0.15, 0.2) is 12.1 Å². The van der Waals surface area contributed by atoms with Gasteiger partial charge in [-0.25, -0.2) is 0 Å². The van der Waals surface area contributed by atoms with Crippen molar-refractivity contribution in [2.24, 2.45) is 5.92 Å². The van der Waals surface area contributed by atoms with Crippen LogP contribution in [0.25, 0.3) is 0 Å². The zero-order valence-electron chi connectivity index (χ0n) is 12.5. The Kier molecular flexibility index (Phi) is 4.46. The van der Waals surface area contributed by atoms with Gasteiger partial charge in [-0.3, -0.25) is 0 Å². The maximum atomic E-state index is 6.06. The summed E-state index contributed by atoms with van der Waals surface area (Å²) in [5.41, 5.74) is 0.00284. The fourth-order valence-electron chi connectivity index (χ4n) is 3.58. The molecular weight excluding hydrogens is 270 g/mol. The predicted molar refractivity (Wildman–Crippen MR) is 82.3 cm³/mol. The number of ether oxygens (including phenoxy) is 2. The Morgan fingerprint density at radius 3 is 3.00 bits per heavy atom. The number of hydrogen-bond donors (Lipinski definition) is 1. The third-order valence-corrected chi connectivity index (χ3v) is 6.03. The van der Waals surface area contributed by atoms with Crippen molar-refractivity contribution in [1.82, 2.24) is 5.32 Å². The van der Waals surface area contributed by atoms with E-state index in [4.69, 9.17) is 9.47 Å². The van der Waals surface area contributed by atoms with Gasteiger partial charge in [-0.15, -0.1) is 11.3 Å².